The number of rotatable bonds is 4. The summed E-state index contributed by atoms with van der Waals surface area (Å²) in [5, 5.41) is 9.83. The molecule has 1 heterocycles. The average molecular weight is 537 g/mol. The molecule has 0 aromatic carbocycles. The van der Waals surface area contributed by atoms with E-state index in [1.807, 2.05) is 6.08 Å². The third-order valence-corrected chi connectivity index (χ3v) is 7.31. The van der Waals surface area contributed by atoms with Crippen LogP contribution in [0.1, 0.15) is 75.6 Å². The van der Waals surface area contributed by atoms with Gasteiger partial charge in [-0.15, -0.1) is 5.73 Å². The Morgan fingerprint density at radius 3 is 2.06 bits per heavy atom. The van der Waals surface area contributed by atoms with E-state index in [0.717, 1.165) is 31.4 Å². The van der Waals surface area contributed by atoms with Crippen molar-refractivity contribution in [2.24, 2.45) is 22.7 Å². The van der Waals surface area contributed by atoms with Crippen LogP contribution in [0.3, 0.4) is 0 Å². The fraction of sp³-hybridized carbons (Fsp3) is 0.769. The summed E-state index contributed by atoms with van der Waals surface area (Å²) in [6.07, 6.45) is 6.63. The van der Waals surface area contributed by atoms with Gasteiger partial charge < -0.3 is 16.0 Å². The zero-order chi connectivity index (χ0) is 23.7. The molecule has 4 nitrogen and oxygen atoms in total. The first-order valence-electron chi connectivity index (χ1n) is 11.5. The smallest absolute Gasteiger partial charge is 1.00 e. The van der Waals surface area contributed by atoms with Crippen LogP contribution >= 0.6 is 15.9 Å². The first kappa shape index (κ1) is 35.4. The van der Waals surface area contributed by atoms with Crippen molar-refractivity contribution in [2.45, 2.75) is 74.1 Å². The number of ether oxygens (including phenoxy) is 2. The number of hydrogen-bond acceptors (Lipinski definition) is 4. The number of carbonyl (C=O) groups is 1. The maximum Gasteiger partial charge on any atom is 1.00 e. The van der Waals surface area contributed by atoms with Crippen molar-refractivity contribution in [3.05, 3.63) is 28.5 Å². The number of aliphatic hydroxyl groups is 1. The molecule has 0 aromatic heterocycles. The number of esters is 1. The van der Waals surface area contributed by atoms with E-state index in [1.54, 1.807) is 0 Å². The summed E-state index contributed by atoms with van der Waals surface area (Å²) in [4.78, 5) is 10.7. The summed E-state index contributed by atoms with van der Waals surface area (Å²) >= 11 is 3.33. The summed E-state index contributed by atoms with van der Waals surface area (Å²) < 4.78 is 9.98. The largest absolute Gasteiger partial charge is 1.00 e. The third-order valence-electron chi connectivity index (χ3n) is 6.99. The number of alkyl halides is 1. The van der Waals surface area contributed by atoms with Gasteiger partial charge in [-0.2, -0.15) is 0 Å². The number of carbonyl (C=O) groups excluding carboxylic acids is 1. The van der Waals surface area contributed by atoms with Crippen molar-refractivity contribution >= 4 is 39.3 Å². The molecule has 0 radical (unpaired) electrons. The predicted molar refractivity (Wildman–Crippen MR) is 142 cm³/mol. The predicted octanol–water partition coefficient (Wildman–Crippen LogP) is 2.16. The van der Waals surface area contributed by atoms with Crippen LogP contribution in [-0.2, 0) is 14.3 Å². The summed E-state index contributed by atoms with van der Waals surface area (Å²) in [6.45, 7) is 17.4. The Balaban J connectivity index is -0.000000446. The van der Waals surface area contributed by atoms with E-state index in [9.17, 15) is 4.79 Å². The molecule has 3 fully saturated rings. The molecule has 2 unspecified atom stereocenters. The Morgan fingerprint density at radius 2 is 1.73 bits per heavy atom. The molecule has 2 atom stereocenters. The van der Waals surface area contributed by atoms with Gasteiger partial charge in [0.2, 0.25) is 0 Å². The monoisotopic (exact) mass is 536 g/mol. The van der Waals surface area contributed by atoms with Gasteiger partial charge in [-0.25, -0.2) is 0 Å². The van der Waals surface area contributed by atoms with E-state index in [4.69, 9.17) is 14.6 Å². The van der Waals surface area contributed by atoms with Crippen LogP contribution in [0.4, 0.5) is 0 Å². The number of halogens is 1. The van der Waals surface area contributed by atoms with E-state index in [-0.39, 0.29) is 54.4 Å². The van der Waals surface area contributed by atoms with E-state index < -0.39 is 0 Å². The summed E-state index contributed by atoms with van der Waals surface area (Å²) in [5.74, 6) is 0.735. The quantitative estimate of drug-likeness (QED) is 0.197. The topological polar surface area (TPSA) is 55.8 Å². The fourth-order valence-corrected chi connectivity index (χ4v) is 4.47. The second-order valence-electron chi connectivity index (χ2n) is 10.0. The van der Waals surface area contributed by atoms with Gasteiger partial charge in [0, 0.05) is 38.0 Å². The van der Waals surface area contributed by atoms with Gasteiger partial charge in [0.25, 0.3) is 0 Å². The average Bonchev–Trinajstić information content (AvgIpc) is 3.26. The molecule has 0 aromatic rings. The van der Waals surface area contributed by atoms with Gasteiger partial charge in [-0.1, -0.05) is 54.8 Å². The first-order chi connectivity index (χ1) is 14.5. The molecule has 0 bridgehead atoms. The van der Waals surface area contributed by atoms with Gasteiger partial charge >= 0.3 is 24.8 Å². The minimum atomic E-state index is -0.195. The zero-order valence-corrected chi connectivity index (χ0v) is 23.2. The number of allylic oxidation sites excluding steroid dienone is 3. The molecule has 2 aliphatic carbocycles. The molecule has 3 rings (SSSR count). The molecule has 1 N–H and O–H groups in total. The Morgan fingerprint density at radius 1 is 1.15 bits per heavy atom. The third kappa shape index (κ3) is 10.8. The molecule has 186 valence electrons. The second kappa shape index (κ2) is 16.8. The van der Waals surface area contributed by atoms with Crippen LogP contribution in [0.25, 0.3) is 0 Å². The van der Waals surface area contributed by atoms with Gasteiger partial charge in [0.1, 0.15) is 0 Å². The molecule has 33 heavy (non-hydrogen) atoms. The molecule has 3 aliphatic rings. The van der Waals surface area contributed by atoms with Gasteiger partial charge in [-0.3, -0.25) is 4.79 Å². The minimum absolute atomic E-state index is 0. The van der Waals surface area contributed by atoms with Crippen molar-refractivity contribution in [1.82, 2.24) is 0 Å². The van der Waals surface area contributed by atoms with Crippen LogP contribution in [0.2, 0.25) is 0 Å². The van der Waals surface area contributed by atoms with Gasteiger partial charge in [-0.05, 0) is 67.9 Å². The van der Waals surface area contributed by atoms with Gasteiger partial charge in [0.15, 0.2) is 17.4 Å². The van der Waals surface area contributed by atoms with Crippen molar-refractivity contribution in [2.75, 3.05) is 31.8 Å². The summed E-state index contributed by atoms with van der Waals surface area (Å²) in [6, 6.07) is 0. The van der Waals surface area contributed by atoms with Crippen LogP contribution in [0, 0.1) is 22.7 Å². The normalized spacial score (nSPS) is 23.3. The van der Waals surface area contributed by atoms with E-state index in [1.165, 1.54) is 36.5 Å². The first-order valence-corrected chi connectivity index (χ1v) is 12.6. The molecular weight excluding hydrogens is 490 g/mol. The Hall–Kier alpha value is 0.260. The van der Waals surface area contributed by atoms with Crippen molar-refractivity contribution < 1.29 is 39.7 Å². The van der Waals surface area contributed by atoms with Gasteiger partial charge in [0.05, 0.1) is 6.61 Å². The number of aliphatic hydroxyl groups excluding tert-OH is 1. The van der Waals surface area contributed by atoms with Crippen molar-refractivity contribution in [3.63, 3.8) is 0 Å². The summed E-state index contributed by atoms with van der Waals surface area (Å²) in [7, 11) is 0. The van der Waals surface area contributed by atoms with Crippen LogP contribution in [0.15, 0.2) is 28.5 Å². The molecule has 7 heteroatoms. The molecule has 0 spiro atoms. The standard InChI is InChI=1S/C12H17BrO2.C10H18O.C4H8O.Al.Li.4H/c1-9(14)15-8-11-7-10(5-4-6-13)12(11,2)3;1-7(2)9-5-8(6-11)10(9,3)4;1-2-4-5-3-1;;;;;;/h4,11H,6-8H2,1-3H3;8,11H,5-6H2,1-4H3;1-4H2;;;;;;/q;;;;+1;;;;-1. The van der Waals surface area contributed by atoms with Crippen LogP contribution < -0.4 is 18.9 Å². The SMILES string of the molecule is C1CCOC1.CC(=O)OCC1CC(=C=CCBr)C1(C)C.CC(C)=C1CC(CO)C1(C)C.[AlH3].[H-].[Li+]. The molecular formula is C26H47AlBrLiO4. The van der Waals surface area contributed by atoms with E-state index >= 15 is 0 Å². The molecule has 0 amide bonds. The van der Waals surface area contributed by atoms with Crippen LogP contribution in [0.5, 0.6) is 0 Å². The zero-order valence-electron chi connectivity index (χ0n) is 22.6. The minimum Gasteiger partial charge on any atom is -1.00 e. The van der Waals surface area contributed by atoms with E-state index in [0.29, 0.717) is 25.0 Å². The Kier molecular flexibility index (Phi) is 18.1. The molecule has 2 saturated carbocycles. The maximum absolute atomic E-state index is 10.7. The molecule has 1 aliphatic heterocycles. The molecule has 1 saturated heterocycles. The maximum atomic E-state index is 10.7. The summed E-state index contributed by atoms with van der Waals surface area (Å²) in [5.41, 5.74) is 7.95. The van der Waals surface area contributed by atoms with Crippen LogP contribution in [-0.4, -0.2) is 60.2 Å². The number of hydrogen-bond donors (Lipinski definition) is 1. The Bertz CT molecular complexity index is 687. The Labute approximate surface area is 234 Å². The fourth-order valence-electron chi connectivity index (χ4n) is 4.30. The second-order valence-corrected chi connectivity index (χ2v) is 10.7. The van der Waals surface area contributed by atoms with Crippen molar-refractivity contribution in [3.8, 4) is 0 Å². The van der Waals surface area contributed by atoms with Crippen molar-refractivity contribution in [1.29, 1.82) is 0 Å². The van der Waals surface area contributed by atoms with E-state index in [2.05, 4.69) is 63.2 Å².